The summed E-state index contributed by atoms with van der Waals surface area (Å²) in [6.45, 7) is 0. The van der Waals surface area contributed by atoms with Gasteiger partial charge in [0.2, 0.25) is 0 Å². The maximum Gasteiger partial charge on any atom is 2.00 e. The smallest absolute Gasteiger partial charge is 1.00 e. The topological polar surface area (TPSA) is 77.8 Å². The second-order valence-electron chi connectivity index (χ2n) is 0.513. The number of rotatable bonds is 0. The van der Waals surface area contributed by atoms with Crippen molar-refractivity contribution in [3.8, 4) is 0 Å². The third-order valence-corrected chi connectivity index (χ3v) is 0. The summed E-state index contributed by atoms with van der Waals surface area (Å²) in [6.07, 6.45) is 0. The first-order valence-corrected chi connectivity index (χ1v) is 2.35. The first kappa shape index (κ1) is 15.7. The van der Waals surface area contributed by atoms with Crippen LogP contribution in [0.1, 0.15) is 2.85 Å². The summed E-state index contributed by atoms with van der Waals surface area (Å²) in [5.41, 5.74) is 0. The zero-order valence-corrected chi connectivity index (χ0v) is 5.79. The van der Waals surface area contributed by atoms with Gasteiger partial charge in [0.25, 0.3) is 0 Å². The van der Waals surface area contributed by atoms with Crippen LogP contribution in [0.4, 0.5) is 0 Å². The molecule has 0 aromatic heterocycles. The van der Waals surface area contributed by atoms with Crippen LogP contribution in [0.25, 0.3) is 0 Å². The fourth-order valence-corrected chi connectivity index (χ4v) is 0. The van der Waals surface area contributed by atoms with Gasteiger partial charge in [0.05, 0.1) is 0 Å². The van der Waals surface area contributed by atoms with Crippen molar-refractivity contribution >= 4 is 39.3 Å². The minimum absolute atomic E-state index is 0. The molecule has 0 unspecified atom stereocenters. The molecule has 0 atom stereocenters. The second kappa shape index (κ2) is 5.09. The predicted octanol–water partition coefficient (Wildman–Crippen LogP) is -1.47. The predicted molar refractivity (Wildman–Crippen MR) is 28.0 cm³/mol. The van der Waals surface area contributed by atoms with E-state index in [4.69, 9.17) is 19.2 Å². The Morgan fingerprint density at radius 3 is 1.29 bits per heavy atom. The van der Waals surface area contributed by atoms with Gasteiger partial charge in [-0.15, -0.1) is 0 Å². The molecule has 0 rings (SSSR count). The Morgan fingerprint density at radius 2 is 1.29 bits per heavy atom. The van der Waals surface area contributed by atoms with E-state index in [2.05, 4.69) is 0 Å². The molecule has 7 heavy (non-hydrogen) atoms. The van der Waals surface area contributed by atoms with E-state index in [1.165, 1.54) is 0 Å². The molecule has 0 aromatic carbocycles. The molecule has 0 aliphatic carbocycles. The third-order valence-electron chi connectivity index (χ3n) is 0. The van der Waals surface area contributed by atoms with E-state index in [1.54, 1.807) is 0 Å². The number of hydrogen-bond acceptors (Lipinski definition) is 1. The SMILES string of the molecule is O=P(O)(O)O.[B].[H-].[H-].[Mg+2]. The maximum absolute atomic E-state index is 8.88. The van der Waals surface area contributed by atoms with Gasteiger partial charge in [-0.2, -0.15) is 0 Å². The quantitative estimate of drug-likeness (QED) is 0.280. The molecule has 0 heterocycles. The van der Waals surface area contributed by atoms with Crippen LogP contribution in [0, 0.1) is 0 Å². The van der Waals surface area contributed by atoms with Crippen molar-refractivity contribution in [3.05, 3.63) is 0 Å². The van der Waals surface area contributed by atoms with Crippen LogP contribution in [0.3, 0.4) is 0 Å². The normalized spacial score (nSPS) is 8.43. The van der Waals surface area contributed by atoms with Crippen molar-refractivity contribution in [2.75, 3.05) is 0 Å². The Bertz CT molecular complexity index is 64.7. The van der Waals surface area contributed by atoms with Gasteiger partial charge in [0, 0.05) is 8.41 Å². The standard InChI is InChI=1S/B.Mg.H3O4P.2H/c;;1-5(2,3)4;;/h;;(H3,1,2,3,4);;/q;+2;;2*-1. The van der Waals surface area contributed by atoms with Gasteiger partial charge in [0.15, 0.2) is 0 Å². The van der Waals surface area contributed by atoms with Crippen molar-refractivity contribution in [2.24, 2.45) is 0 Å². The molecule has 0 saturated heterocycles. The molecule has 4 nitrogen and oxygen atoms in total. The van der Waals surface area contributed by atoms with Gasteiger partial charge >= 0.3 is 30.9 Å². The second-order valence-corrected chi connectivity index (χ2v) is 1.54. The van der Waals surface area contributed by atoms with Gasteiger partial charge in [-0.3, -0.25) is 0 Å². The van der Waals surface area contributed by atoms with Crippen molar-refractivity contribution < 1.29 is 22.1 Å². The van der Waals surface area contributed by atoms with E-state index >= 15 is 0 Å². The number of phosphoric acid groups is 1. The summed E-state index contributed by atoms with van der Waals surface area (Å²) in [5, 5.41) is 0. The Labute approximate surface area is 61.9 Å². The van der Waals surface area contributed by atoms with E-state index in [0.29, 0.717) is 0 Å². The molecule has 0 saturated carbocycles. The average molecular weight is 135 g/mol. The van der Waals surface area contributed by atoms with Crippen molar-refractivity contribution in [3.63, 3.8) is 0 Å². The summed E-state index contributed by atoms with van der Waals surface area (Å²) < 4.78 is 8.88. The maximum atomic E-state index is 8.88. The summed E-state index contributed by atoms with van der Waals surface area (Å²) in [4.78, 5) is 21.6. The van der Waals surface area contributed by atoms with Gasteiger partial charge in [-0.1, -0.05) is 0 Å². The molecule has 0 aliphatic rings. The molecule has 0 amide bonds. The van der Waals surface area contributed by atoms with Gasteiger partial charge in [-0.05, 0) is 0 Å². The molecule has 0 aromatic rings. The van der Waals surface area contributed by atoms with E-state index < -0.39 is 7.82 Å². The van der Waals surface area contributed by atoms with E-state index in [9.17, 15) is 0 Å². The van der Waals surface area contributed by atoms with Crippen LogP contribution in [0.15, 0.2) is 0 Å². The molecule has 0 fully saturated rings. The zero-order chi connectivity index (χ0) is 4.50. The first-order chi connectivity index (χ1) is 2.00. The van der Waals surface area contributed by atoms with Crippen LogP contribution in [0.2, 0.25) is 0 Å². The summed E-state index contributed by atoms with van der Waals surface area (Å²) in [6, 6.07) is 0. The first-order valence-electron chi connectivity index (χ1n) is 0.783. The molecule has 0 bridgehead atoms. The van der Waals surface area contributed by atoms with Crippen LogP contribution in [-0.4, -0.2) is 46.1 Å². The summed E-state index contributed by atoms with van der Waals surface area (Å²) in [5.74, 6) is 0. The molecule has 39 valence electrons. The van der Waals surface area contributed by atoms with Crippen LogP contribution >= 0.6 is 7.82 Å². The van der Waals surface area contributed by atoms with Crippen LogP contribution in [0.5, 0.6) is 0 Å². The van der Waals surface area contributed by atoms with Crippen LogP contribution < -0.4 is 0 Å². The van der Waals surface area contributed by atoms with Crippen molar-refractivity contribution in [2.45, 2.75) is 0 Å². The van der Waals surface area contributed by atoms with Crippen LogP contribution in [-0.2, 0) is 4.57 Å². The molecule has 3 radical (unpaired) electrons. The summed E-state index contributed by atoms with van der Waals surface area (Å²) >= 11 is 0. The van der Waals surface area contributed by atoms with E-state index in [1.807, 2.05) is 0 Å². The fraction of sp³-hybridized carbons (Fsp3) is 0. The monoisotopic (exact) mass is 135 g/mol. The molecule has 0 spiro atoms. The molecule has 0 aliphatic heterocycles. The molecule has 7 heteroatoms. The third kappa shape index (κ3) is 191. The molecular weight excluding hydrogens is 130 g/mol. The van der Waals surface area contributed by atoms with Gasteiger partial charge in [-0.25, -0.2) is 4.57 Å². The Hall–Kier alpha value is 0.941. The number of hydrogen-bond donors (Lipinski definition) is 3. The Morgan fingerprint density at radius 1 is 1.29 bits per heavy atom. The minimum atomic E-state index is -4.64. The largest absolute Gasteiger partial charge is 2.00 e. The van der Waals surface area contributed by atoms with Crippen molar-refractivity contribution in [1.82, 2.24) is 0 Å². The summed E-state index contributed by atoms with van der Waals surface area (Å²) in [7, 11) is -4.64. The Balaban J connectivity index is -0.0000000133. The molecular formula is H5BMgO4P. The van der Waals surface area contributed by atoms with Gasteiger partial charge < -0.3 is 17.5 Å². The van der Waals surface area contributed by atoms with Gasteiger partial charge in [0.1, 0.15) is 0 Å². The zero-order valence-electron chi connectivity index (χ0n) is 5.48. The molecule has 3 N–H and O–H groups in total. The van der Waals surface area contributed by atoms with E-state index in [-0.39, 0.29) is 34.3 Å². The fourth-order valence-electron chi connectivity index (χ4n) is 0. The Kier molecular flexibility index (Phi) is 11.4. The van der Waals surface area contributed by atoms with E-state index in [0.717, 1.165) is 0 Å². The minimum Gasteiger partial charge on any atom is -1.00 e. The van der Waals surface area contributed by atoms with Crippen molar-refractivity contribution in [1.29, 1.82) is 0 Å². The average Bonchev–Trinajstić information content (AvgIpc) is 0.722.